The van der Waals surface area contributed by atoms with Gasteiger partial charge in [-0.3, -0.25) is 0 Å². The summed E-state index contributed by atoms with van der Waals surface area (Å²) in [7, 11) is 0. The predicted molar refractivity (Wildman–Crippen MR) is 92.5 cm³/mol. The number of halogens is 3. The van der Waals surface area contributed by atoms with Crippen LogP contribution >= 0.6 is 0 Å². The molecule has 2 aromatic carbocycles. The van der Waals surface area contributed by atoms with E-state index < -0.39 is 6.36 Å². The largest absolute Gasteiger partial charge is 0.573 e. The molecule has 0 N–H and O–H groups in total. The van der Waals surface area contributed by atoms with Gasteiger partial charge in [0.15, 0.2) is 11.4 Å². The van der Waals surface area contributed by atoms with Crippen LogP contribution < -0.4 is 9.47 Å². The van der Waals surface area contributed by atoms with Crippen molar-refractivity contribution in [3.8, 4) is 22.8 Å². The molecule has 4 rings (SSSR count). The lowest BCUT2D eigenvalue weighted by Crippen LogP contribution is -2.16. The first-order valence-corrected chi connectivity index (χ1v) is 8.12. The zero-order valence-electron chi connectivity index (χ0n) is 14.2. The Kier molecular flexibility index (Phi) is 4.56. The second-order valence-corrected chi connectivity index (χ2v) is 5.72. The maximum Gasteiger partial charge on any atom is 0.573 e. The molecule has 0 amide bonds. The molecule has 4 aromatic rings. The van der Waals surface area contributed by atoms with Crippen molar-refractivity contribution >= 4 is 11.0 Å². The van der Waals surface area contributed by atoms with Crippen molar-refractivity contribution in [2.45, 2.75) is 13.0 Å². The third-order valence-corrected chi connectivity index (χ3v) is 3.82. The van der Waals surface area contributed by atoms with Crippen LogP contribution in [-0.2, 0) is 6.61 Å². The number of hydrogen-bond acceptors (Lipinski definition) is 6. The maximum absolute atomic E-state index is 12.3. The number of aromatic nitrogens is 3. The highest BCUT2D eigenvalue weighted by Gasteiger charge is 2.30. The normalized spacial score (nSPS) is 11.5. The molecule has 0 radical (unpaired) electrons. The summed E-state index contributed by atoms with van der Waals surface area (Å²) < 4.78 is 51.6. The van der Waals surface area contributed by atoms with Gasteiger partial charge in [-0.1, -0.05) is 18.2 Å². The minimum absolute atomic E-state index is 0.121. The Labute approximate surface area is 156 Å². The van der Waals surface area contributed by atoms with E-state index in [0.29, 0.717) is 22.4 Å². The quantitative estimate of drug-likeness (QED) is 0.492. The van der Waals surface area contributed by atoms with Gasteiger partial charge in [0.1, 0.15) is 12.4 Å². The van der Waals surface area contributed by atoms with Gasteiger partial charge < -0.3 is 14.0 Å². The molecule has 0 aliphatic rings. The van der Waals surface area contributed by atoms with Crippen LogP contribution in [0.4, 0.5) is 13.2 Å². The highest BCUT2D eigenvalue weighted by Crippen LogP contribution is 2.32. The fraction of sp³-hybridized carbons (Fsp3) is 0.105. The summed E-state index contributed by atoms with van der Waals surface area (Å²) in [5.74, 6) is 0.491. The van der Waals surface area contributed by atoms with E-state index >= 15 is 0 Å². The number of benzene rings is 2. The Morgan fingerprint density at radius 1 is 0.929 bits per heavy atom. The van der Waals surface area contributed by atoms with Gasteiger partial charge in [-0.05, 0) is 46.6 Å². The molecular weight excluding hydrogens is 375 g/mol. The van der Waals surface area contributed by atoms with Crippen LogP contribution in [-0.4, -0.2) is 21.5 Å². The van der Waals surface area contributed by atoms with E-state index in [1.54, 1.807) is 36.7 Å². The summed E-state index contributed by atoms with van der Waals surface area (Å²) in [6.07, 6.45) is -1.51. The maximum atomic E-state index is 12.3. The summed E-state index contributed by atoms with van der Waals surface area (Å²) in [5, 5.41) is 4.53. The predicted octanol–water partition coefficient (Wildman–Crippen LogP) is 4.76. The minimum Gasteiger partial charge on any atom is -0.467 e. The van der Waals surface area contributed by atoms with Gasteiger partial charge in [-0.2, -0.15) is 0 Å². The van der Waals surface area contributed by atoms with Crippen LogP contribution in [0.1, 0.15) is 5.82 Å². The SMILES string of the molecule is FC(F)(F)Oc1ccc(-c2ccc3onc(OCc4ncccn4)c3c2)cc1. The molecule has 2 aromatic heterocycles. The second kappa shape index (κ2) is 7.18. The third kappa shape index (κ3) is 4.03. The van der Waals surface area contributed by atoms with Crippen molar-refractivity contribution < 1.29 is 27.2 Å². The van der Waals surface area contributed by atoms with Crippen LogP contribution in [0.2, 0.25) is 0 Å². The van der Waals surface area contributed by atoms with Crippen molar-refractivity contribution in [2.24, 2.45) is 0 Å². The Morgan fingerprint density at radius 3 is 2.36 bits per heavy atom. The molecule has 9 heteroatoms. The van der Waals surface area contributed by atoms with E-state index in [4.69, 9.17) is 9.26 Å². The number of alkyl halides is 3. The molecule has 0 unspecified atom stereocenters. The summed E-state index contributed by atoms with van der Waals surface area (Å²) >= 11 is 0. The molecule has 0 aliphatic heterocycles. The van der Waals surface area contributed by atoms with Crippen LogP contribution in [0.3, 0.4) is 0 Å². The van der Waals surface area contributed by atoms with Crippen molar-refractivity contribution in [3.63, 3.8) is 0 Å². The molecule has 0 aliphatic carbocycles. The number of rotatable bonds is 5. The number of nitrogens with zero attached hydrogens (tertiary/aromatic N) is 3. The smallest absolute Gasteiger partial charge is 0.467 e. The molecule has 0 fully saturated rings. The Balaban J connectivity index is 1.57. The fourth-order valence-corrected chi connectivity index (χ4v) is 2.59. The van der Waals surface area contributed by atoms with Gasteiger partial charge in [0.2, 0.25) is 0 Å². The molecule has 0 bridgehead atoms. The van der Waals surface area contributed by atoms with Crippen molar-refractivity contribution in [1.82, 2.24) is 15.1 Å². The van der Waals surface area contributed by atoms with E-state index in [2.05, 4.69) is 19.9 Å². The van der Waals surface area contributed by atoms with Crippen molar-refractivity contribution in [2.75, 3.05) is 0 Å². The zero-order chi connectivity index (χ0) is 19.6. The number of ether oxygens (including phenoxy) is 2. The average molecular weight is 387 g/mol. The van der Waals surface area contributed by atoms with E-state index in [1.807, 2.05) is 0 Å². The molecule has 0 saturated heterocycles. The van der Waals surface area contributed by atoms with Gasteiger partial charge in [0, 0.05) is 12.4 Å². The summed E-state index contributed by atoms with van der Waals surface area (Å²) in [6, 6.07) is 12.6. The van der Waals surface area contributed by atoms with Gasteiger partial charge in [0.25, 0.3) is 5.88 Å². The summed E-state index contributed by atoms with van der Waals surface area (Å²) in [5.41, 5.74) is 1.98. The first-order valence-electron chi connectivity index (χ1n) is 8.12. The topological polar surface area (TPSA) is 70.3 Å². The monoisotopic (exact) mass is 387 g/mol. The second-order valence-electron chi connectivity index (χ2n) is 5.72. The molecular formula is C19H12F3N3O3. The molecule has 6 nitrogen and oxygen atoms in total. The standard InChI is InChI=1S/C19H12F3N3O3/c20-19(21,22)27-14-5-2-12(3-6-14)13-4-7-16-15(10-13)18(25-28-16)26-11-17-23-8-1-9-24-17/h1-10H,11H2. The number of hydrogen-bond donors (Lipinski definition) is 0. The Morgan fingerprint density at radius 2 is 1.64 bits per heavy atom. The first-order chi connectivity index (χ1) is 13.5. The molecule has 142 valence electrons. The van der Waals surface area contributed by atoms with E-state index in [1.165, 1.54) is 24.3 Å². The van der Waals surface area contributed by atoms with Crippen molar-refractivity contribution in [3.05, 3.63) is 66.7 Å². The minimum atomic E-state index is -4.72. The zero-order valence-corrected chi connectivity index (χ0v) is 14.2. The molecule has 0 spiro atoms. The van der Waals surface area contributed by atoms with Crippen LogP contribution in [0.25, 0.3) is 22.1 Å². The van der Waals surface area contributed by atoms with Gasteiger partial charge in [0.05, 0.1) is 5.39 Å². The summed E-state index contributed by atoms with van der Waals surface area (Å²) in [4.78, 5) is 8.14. The van der Waals surface area contributed by atoms with E-state index in [0.717, 1.165) is 5.56 Å². The fourth-order valence-electron chi connectivity index (χ4n) is 2.59. The average Bonchev–Trinajstić information content (AvgIpc) is 3.09. The van der Waals surface area contributed by atoms with Crippen molar-refractivity contribution in [1.29, 1.82) is 0 Å². The lowest BCUT2D eigenvalue weighted by Gasteiger charge is -2.09. The highest BCUT2D eigenvalue weighted by atomic mass is 19.4. The Bertz CT molecular complexity index is 1080. The number of fused-ring (bicyclic) bond motifs is 1. The Hall–Kier alpha value is -3.62. The van der Waals surface area contributed by atoms with Gasteiger partial charge >= 0.3 is 6.36 Å². The van der Waals surface area contributed by atoms with Gasteiger partial charge in [-0.25, -0.2) is 9.97 Å². The third-order valence-electron chi connectivity index (χ3n) is 3.82. The van der Waals surface area contributed by atoms with Gasteiger partial charge in [-0.15, -0.1) is 13.2 Å². The van der Waals surface area contributed by atoms with Crippen LogP contribution in [0.5, 0.6) is 11.6 Å². The van der Waals surface area contributed by atoms with Crippen LogP contribution in [0, 0.1) is 0 Å². The molecule has 2 heterocycles. The summed E-state index contributed by atoms with van der Waals surface area (Å²) in [6.45, 7) is 0.121. The van der Waals surface area contributed by atoms with Crippen LogP contribution in [0.15, 0.2) is 65.4 Å². The first kappa shape index (κ1) is 17.8. The van der Waals surface area contributed by atoms with E-state index in [-0.39, 0.29) is 18.2 Å². The highest BCUT2D eigenvalue weighted by molar-refractivity contribution is 5.87. The molecule has 28 heavy (non-hydrogen) atoms. The molecule has 0 saturated carbocycles. The lowest BCUT2D eigenvalue weighted by atomic mass is 10.0. The van der Waals surface area contributed by atoms with E-state index in [9.17, 15) is 13.2 Å². The lowest BCUT2D eigenvalue weighted by molar-refractivity contribution is -0.274. The molecule has 0 atom stereocenters.